The van der Waals surface area contributed by atoms with Gasteiger partial charge in [-0.1, -0.05) is 0 Å². The Morgan fingerprint density at radius 3 is 2.48 bits per heavy atom. The molecule has 4 nitrogen and oxygen atoms in total. The lowest BCUT2D eigenvalue weighted by Crippen LogP contribution is -2.41. The number of aromatic hydroxyl groups is 1. The third-order valence-electron chi connectivity index (χ3n) is 3.67. The summed E-state index contributed by atoms with van der Waals surface area (Å²) in [5, 5.41) is 9.60. The van der Waals surface area contributed by atoms with Gasteiger partial charge in [0.1, 0.15) is 0 Å². The van der Waals surface area contributed by atoms with E-state index in [1.807, 2.05) is 0 Å². The molecule has 1 N–H and O–H groups in total. The van der Waals surface area contributed by atoms with Gasteiger partial charge in [-0.3, -0.25) is 9.36 Å². The number of aryl methyl sites for hydroxylation is 1. The molecule has 0 spiro atoms. The van der Waals surface area contributed by atoms with Gasteiger partial charge in [-0.2, -0.15) is 22.0 Å². The second-order valence-corrected chi connectivity index (χ2v) is 6.40. The Bertz CT molecular complexity index is 1040. The van der Waals surface area contributed by atoms with Crippen molar-refractivity contribution < 1.29 is 41.0 Å². The van der Waals surface area contributed by atoms with Crippen LogP contribution < -0.4 is 4.74 Å². The summed E-state index contributed by atoms with van der Waals surface area (Å²) in [6.07, 6.45) is -11.3. The van der Waals surface area contributed by atoms with Gasteiger partial charge in [0.25, 0.3) is 5.91 Å². The van der Waals surface area contributed by atoms with Gasteiger partial charge >= 0.3 is 12.3 Å². The van der Waals surface area contributed by atoms with Gasteiger partial charge in [0.15, 0.2) is 16.6 Å². The molecule has 0 saturated carbocycles. The van der Waals surface area contributed by atoms with Gasteiger partial charge < -0.3 is 9.84 Å². The molecule has 11 heteroatoms. The summed E-state index contributed by atoms with van der Waals surface area (Å²) < 4.78 is 81.2. The first-order valence-electron chi connectivity index (χ1n) is 7.18. The molecule has 27 heavy (non-hydrogen) atoms. The van der Waals surface area contributed by atoms with Crippen LogP contribution in [0.5, 0.6) is 10.8 Å². The summed E-state index contributed by atoms with van der Waals surface area (Å²) in [6, 6.07) is 4.35. The monoisotopic (exact) mass is 409 g/mol. The average molecular weight is 409 g/mol. The molecule has 0 aliphatic rings. The van der Waals surface area contributed by atoms with Crippen LogP contribution in [0.15, 0.2) is 29.6 Å². The van der Waals surface area contributed by atoms with Crippen molar-refractivity contribution in [1.82, 2.24) is 4.57 Å². The van der Waals surface area contributed by atoms with E-state index < -0.39 is 34.8 Å². The first kappa shape index (κ1) is 19.1. The topological polar surface area (TPSA) is 51.5 Å². The van der Waals surface area contributed by atoms with E-state index in [4.69, 9.17) is 0 Å². The van der Waals surface area contributed by atoms with Crippen molar-refractivity contribution in [3.8, 4) is 10.8 Å². The van der Waals surface area contributed by atoms with E-state index in [0.29, 0.717) is 11.3 Å². The van der Waals surface area contributed by atoms with Crippen LogP contribution in [0, 0.1) is 12.7 Å². The molecule has 0 aliphatic heterocycles. The molecule has 0 atom stereocenters. The van der Waals surface area contributed by atoms with Crippen LogP contribution in [0.3, 0.4) is 0 Å². The fourth-order valence-corrected chi connectivity index (χ4v) is 3.19. The molecule has 1 aromatic carbocycles. The van der Waals surface area contributed by atoms with Gasteiger partial charge in [-0.25, -0.2) is 4.39 Å². The molecule has 0 unspecified atom stereocenters. The molecule has 2 aromatic heterocycles. The first-order chi connectivity index (χ1) is 12.4. The summed E-state index contributed by atoms with van der Waals surface area (Å²) in [4.78, 5) is 12.6. The summed E-state index contributed by atoms with van der Waals surface area (Å²) >= 11 is 0.385. The number of hydrogen-bond donors (Lipinski definition) is 1. The van der Waals surface area contributed by atoms with Gasteiger partial charge in [0, 0.05) is 22.5 Å². The largest absolute Gasteiger partial charge is 0.505 e. The Morgan fingerprint density at radius 1 is 1.19 bits per heavy atom. The number of alkyl halides is 5. The maximum absolute atomic E-state index is 14.0. The van der Waals surface area contributed by atoms with Crippen LogP contribution in [0.2, 0.25) is 0 Å². The van der Waals surface area contributed by atoms with Crippen LogP contribution in [-0.2, 0) is 0 Å². The van der Waals surface area contributed by atoms with E-state index in [2.05, 4.69) is 4.74 Å². The predicted molar refractivity (Wildman–Crippen MR) is 84.0 cm³/mol. The van der Waals surface area contributed by atoms with E-state index in [1.165, 1.54) is 19.1 Å². The predicted octanol–water partition coefficient (Wildman–Crippen LogP) is 5.08. The van der Waals surface area contributed by atoms with E-state index in [0.717, 1.165) is 22.1 Å². The SMILES string of the molecule is Cc1cc2c(F)c(O)ccc2n1C(=O)c1csc(OC(F)(F)C(F)(F)F)c1. The zero-order valence-electron chi connectivity index (χ0n) is 13.3. The highest BCUT2D eigenvalue weighted by Gasteiger charge is 2.61. The highest BCUT2D eigenvalue weighted by atomic mass is 32.1. The van der Waals surface area contributed by atoms with Gasteiger partial charge in [0.2, 0.25) is 0 Å². The Balaban J connectivity index is 1.97. The summed E-state index contributed by atoms with van der Waals surface area (Å²) in [5.74, 6) is -2.34. The molecular formula is C16H9F6NO3S. The molecule has 0 amide bonds. The fourth-order valence-electron chi connectivity index (χ4n) is 2.43. The zero-order chi connectivity index (χ0) is 20.1. The van der Waals surface area contributed by atoms with Crippen molar-refractivity contribution in [3.63, 3.8) is 0 Å². The van der Waals surface area contributed by atoms with Crippen molar-refractivity contribution in [2.24, 2.45) is 0 Å². The second-order valence-electron chi connectivity index (χ2n) is 5.53. The summed E-state index contributed by atoms with van der Waals surface area (Å²) in [6.45, 7) is 1.47. The number of rotatable bonds is 3. The third-order valence-corrected chi connectivity index (χ3v) is 4.47. The molecule has 3 rings (SSSR count). The molecule has 0 aliphatic carbocycles. The van der Waals surface area contributed by atoms with Crippen LogP contribution in [0.4, 0.5) is 26.3 Å². The maximum Gasteiger partial charge on any atom is 0.499 e. The van der Waals surface area contributed by atoms with Gasteiger partial charge in [-0.15, -0.1) is 11.3 Å². The lowest BCUT2D eigenvalue weighted by Gasteiger charge is -2.18. The number of carbonyl (C=O) groups is 1. The minimum atomic E-state index is -5.91. The molecular weight excluding hydrogens is 400 g/mol. The van der Waals surface area contributed by atoms with Crippen molar-refractivity contribution in [1.29, 1.82) is 0 Å². The normalized spacial score (nSPS) is 12.6. The maximum atomic E-state index is 14.0. The number of nitrogens with zero attached hydrogens (tertiary/aromatic N) is 1. The zero-order valence-corrected chi connectivity index (χ0v) is 14.1. The number of phenolic OH excluding ortho intramolecular Hbond substituents is 1. The Morgan fingerprint density at radius 2 is 1.85 bits per heavy atom. The van der Waals surface area contributed by atoms with Crippen molar-refractivity contribution >= 4 is 28.1 Å². The molecule has 144 valence electrons. The van der Waals surface area contributed by atoms with Crippen LogP contribution in [0.1, 0.15) is 16.1 Å². The Hall–Kier alpha value is -2.69. The van der Waals surface area contributed by atoms with E-state index >= 15 is 0 Å². The minimum absolute atomic E-state index is 0.0452. The van der Waals surface area contributed by atoms with Gasteiger partial charge in [0.05, 0.1) is 11.1 Å². The number of phenols is 1. The smallest absolute Gasteiger partial charge is 0.499 e. The lowest BCUT2D eigenvalue weighted by atomic mass is 10.2. The molecule has 0 radical (unpaired) electrons. The molecule has 0 fully saturated rings. The first-order valence-corrected chi connectivity index (χ1v) is 8.06. The van der Waals surface area contributed by atoms with E-state index in [-0.39, 0.29) is 22.2 Å². The Kier molecular flexibility index (Phi) is 4.37. The average Bonchev–Trinajstić information content (AvgIpc) is 3.13. The van der Waals surface area contributed by atoms with Crippen molar-refractivity contribution in [2.75, 3.05) is 0 Å². The quantitative estimate of drug-likeness (QED) is 0.614. The number of aromatic nitrogens is 1. The number of hydrogen-bond acceptors (Lipinski definition) is 4. The highest BCUT2D eigenvalue weighted by molar-refractivity contribution is 7.12. The number of halogens is 6. The van der Waals surface area contributed by atoms with Crippen molar-refractivity contribution in [2.45, 2.75) is 19.2 Å². The van der Waals surface area contributed by atoms with E-state index in [9.17, 15) is 36.2 Å². The number of fused-ring (bicyclic) bond motifs is 1. The van der Waals surface area contributed by atoms with Gasteiger partial charge in [-0.05, 0) is 25.1 Å². The second kappa shape index (κ2) is 6.19. The number of carbonyl (C=O) groups excluding carboxylic acids is 1. The number of thiophene rings is 1. The molecule has 3 aromatic rings. The number of ether oxygens (including phenoxy) is 1. The standard InChI is InChI=1S/C16H9F6NO3S/c1-7-4-9-10(2-3-11(24)13(9)17)23(7)14(25)8-5-12(27-6-8)26-16(21,22)15(18,19)20/h2-6,24H,1H3. The van der Waals surface area contributed by atoms with E-state index in [1.54, 1.807) is 0 Å². The summed E-state index contributed by atoms with van der Waals surface area (Å²) in [5.41, 5.74) is 0.151. The lowest BCUT2D eigenvalue weighted by molar-refractivity contribution is -0.359. The highest BCUT2D eigenvalue weighted by Crippen LogP contribution is 2.39. The Labute approximate surface area is 151 Å². The minimum Gasteiger partial charge on any atom is -0.505 e. The van der Waals surface area contributed by atoms with Crippen LogP contribution in [0.25, 0.3) is 10.9 Å². The number of benzene rings is 1. The third kappa shape index (κ3) is 3.22. The fraction of sp³-hybridized carbons (Fsp3) is 0.188. The van der Waals surface area contributed by atoms with Crippen LogP contribution >= 0.6 is 11.3 Å². The molecule has 0 bridgehead atoms. The van der Waals surface area contributed by atoms with Crippen molar-refractivity contribution in [3.05, 3.63) is 46.7 Å². The molecule has 0 saturated heterocycles. The molecule has 2 heterocycles. The summed E-state index contributed by atoms with van der Waals surface area (Å²) in [7, 11) is 0. The van der Waals surface area contributed by atoms with Crippen LogP contribution in [-0.4, -0.2) is 27.9 Å².